The smallest absolute Gasteiger partial charge is 0.166 e. The Labute approximate surface area is 108 Å². The summed E-state index contributed by atoms with van der Waals surface area (Å²) in [6.07, 6.45) is 4.38. The van der Waals surface area contributed by atoms with Gasteiger partial charge in [0.05, 0.1) is 0 Å². The third-order valence-electron chi connectivity index (χ3n) is 3.09. The van der Waals surface area contributed by atoms with Crippen molar-refractivity contribution in [2.75, 3.05) is 13.1 Å². The lowest BCUT2D eigenvalue weighted by atomic mass is 10.1. The first-order chi connectivity index (χ1) is 8.79. The van der Waals surface area contributed by atoms with Gasteiger partial charge in [-0.15, -0.1) is 6.58 Å². The van der Waals surface area contributed by atoms with Gasteiger partial charge in [0.15, 0.2) is 5.78 Å². The van der Waals surface area contributed by atoms with Crippen LogP contribution in [0.1, 0.15) is 29.6 Å². The molecule has 1 aromatic carbocycles. The summed E-state index contributed by atoms with van der Waals surface area (Å²) in [7, 11) is 0. The first kappa shape index (κ1) is 12.8. The molecule has 3 nitrogen and oxygen atoms in total. The number of rotatable bonds is 5. The summed E-state index contributed by atoms with van der Waals surface area (Å²) in [5.74, 6) is 0.940. The van der Waals surface area contributed by atoms with Gasteiger partial charge in [-0.25, -0.2) is 0 Å². The normalized spacial score (nSPS) is 16.2. The van der Waals surface area contributed by atoms with Crippen LogP contribution >= 0.6 is 0 Å². The molecule has 0 aromatic heterocycles. The molecule has 0 radical (unpaired) electrons. The van der Waals surface area contributed by atoms with E-state index in [1.807, 2.05) is 24.3 Å². The van der Waals surface area contributed by atoms with Crippen molar-refractivity contribution in [2.45, 2.75) is 25.4 Å². The van der Waals surface area contributed by atoms with Gasteiger partial charge < -0.3 is 10.1 Å². The molecule has 0 spiro atoms. The Hall–Kier alpha value is -1.61. The standard InChI is InChI=1S/C15H19NO2/c1-2-3-15(17)12-4-6-13(7-5-12)18-14-8-10-16-11-9-14/h2,4-7,14,16H,1,3,8-11H2. The molecule has 96 valence electrons. The lowest BCUT2D eigenvalue weighted by molar-refractivity contribution is 0.0996. The van der Waals surface area contributed by atoms with Gasteiger partial charge in [0.1, 0.15) is 11.9 Å². The molecule has 0 atom stereocenters. The zero-order valence-electron chi connectivity index (χ0n) is 10.5. The molecular formula is C15H19NO2. The topological polar surface area (TPSA) is 38.3 Å². The Morgan fingerprint density at radius 1 is 1.33 bits per heavy atom. The molecule has 2 rings (SSSR count). The molecule has 1 N–H and O–H groups in total. The van der Waals surface area contributed by atoms with Crippen LogP contribution < -0.4 is 10.1 Å². The maximum atomic E-state index is 11.6. The van der Waals surface area contributed by atoms with Gasteiger partial charge in [0.2, 0.25) is 0 Å². The fourth-order valence-corrected chi connectivity index (χ4v) is 2.07. The Kier molecular flexibility index (Phi) is 4.53. The van der Waals surface area contributed by atoms with E-state index in [1.54, 1.807) is 6.08 Å². The highest BCUT2D eigenvalue weighted by Gasteiger charge is 2.14. The molecule has 0 aliphatic carbocycles. The van der Waals surface area contributed by atoms with Crippen LogP contribution in [0.3, 0.4) is 0 Å². The molecular weight excluding hydrogens is 226 g/mol. The molecule has 1 aliphatic rings. The number of ketones is 1. The molecule has 18 heavy (non-hydrogen) atoms. The summed E-state index contributed by atoms with van der Waals surface area (Å²) in [6.45, 7) is 5.60. The van der Waals surface area contributed by atoms with E-state index in [-0.39, 0.29) is 5.78 Å². The zero-order chi connectivity index (χ0) is 12.8. The van der Waals surface area contributed by atoms with E-state index in [2.05, 4.69) is 11.9 Å². The lowest BCUT2D eigenvalue weighted by Crippen LogP contribution is -2.34. The van der Waals surface area contributed by atoms with E-state index < -0.39 is 0 Å². The van der Waals surface area contributed by atoms with Gasteiger partial charge in [0.25, 0.3) is 0 Å². The van der Waals surface area contributed by atoms with E-state index in [0.717, 1.165) is 31.7 Å². The van der Waals surface area contributed by atoms with Crippen LogP contribution in [0.15, 0.2) is 36.9 Å². The predicted octanol–water partition coefficient (Wildman–Crippen LogP) is 2.58. The van der Waals surface area contributed by atoms with Gasteiger partial charge in [0, 0.05) is 12.0 Å². The van der Waals surface area contributed by atoms with Crippen molar-refractivity contribution in [1.82, 2.24) is 5.32 Å². The highest BCUT2D eigenvalue weighted by atomic mass is 16.5. The predicted molar refractivity (Wildman–Crippen MR) is 72.1 cm³/mol. The molecule has 1 saturated heterocycles. The highest BCUT2D eigenvalue weighted by molar-refractivity contribution is 5.96. The molecule has 1 heterocycles. The van der Waals surface area contributed by atoms with Crippen molar-refractivity contribution < 1.29 is 9.53 Å². The van der Waals surface area contributed by atoms with Crippen molar-refractivity contribution in [3.8, 4) is 5.75 Å². The molecule has 0 saturated carbocycles. The average Bonchev–Trinajstić information content (AvgIpc) is 2.41. The van der Waals surface area contributed by atoms with Gasteiger partial charge in [-0.2, -0.15) is 0 Å². The van der Waals surface area contributed by atoms with E-state index in [1.165, 1.54) is 0 Å². The van der Waals surface area contributed by atoms with E-state index in [0.29, 0.717) is 18.1 Å². The molecule has 3 heteroatoms. The van der Waals surface area contributed by atoms with Crippen molar-refractivity contribution in [3.63, 3.8) is 0 Å². The summed E-state index contributed by atoms with van der Waals surface area (Å²) in [4.78, 5) is 11.6. The maximum absolute atomic E-state index is 11.6. The van der Waals surface area contributed by atoms with Crippen LogP contribution in [-0.2, 0) is 0 Å². The summed E-state index contributed by atoms with van der Waals surface area (Å²) in [6, 6.07) is 7.39. The second kappa shape index (κ2) is 6.36. The van der Waals surface area contributed by atoms with Crippen LogP contribution in [0.2, 0.25) is 0 Å². The Balaban J connectivity index is 1.94. The van der Waals surface area contributed by atoms with Crippen molar-refractivity contribution in [3.05, 3.63) is 42.5 Å². The number of hydrogen-bond acceptors (Lipinski definition) is 3. The molecule has 1 aromatic rings. The molecule has 0 bridgehead atoms. The number of carbonyl (C=O) groups is 1. The molecule has 0 unspecified atom stereocenters. The van der Waals surface area contributed by atoms with Crippen LogP contribution in [0, 0.1) is 0 Å². The number of carbonyl (C=O) groups excluding carboxylic acids is 1. The number of Topliss-reactive ketones (excluding diaryl/α,β-unsaturated/α-hetero) is 1. The largest absolute Gasteiger partial charge is 0.490 e. The Morgan fingerprint density at radius 3 is 2.61 bits per heavy atom. The summed E-state index contributed by atoms with van der Waals surface area (Å²) in [5, 5.41) is 3.30. The van der Waals surface area contributed by atoms with Crippen LogP contribution in [0.5, 0.6) is 5.75 Å². The van der Waals surface area contributed by atoms with Crippen molar-refractivity contribution in [1.29, 1.82) is 0 Å². The number of nitrogens with one attached hydrogen (secondary N) is 1. The van der Waals surface area contributed by atoms with Crippen LogP contribution in [0.25, 0.3) is 0 Å². The maximum Gasteiger partial charge on any atom is 0.166 e. The number of benzene rings is 1. The number of piperidine rings is 1. The minimum Gasteiger partial charge on any atom is -0.490 e. The van der Waals surface area contributed by atoms with Gasteiger partial charge >= 0.3 is 0 Å². The summed E-state index contributed by atoms with van der Waals surface area (Å²) >= 11 is 0. The van der Waals surface area contributed by atoms with E-state index in [4.69, 9.17) is 4.74 Å². The number of hydrogen-bond donors (Lipinski definition) is 1. The highest BCUT2D eigenvalue weighted by Crippen LogP contribution is 2.18. The molecule has 0 amide bonds. The first-order valence-electron chi connectivity index (χ1n) is 6.41. The monoisotopic (exact) mass is 245 g/mol. The minimum atomic E-state index is 0.0958. The van der Waals surface area contributed by atoms with Crippen molar-refractivity contribution in [2.24, 2.45) is 0 Å². The fraction of sp³-hybridized carbons (Fsp3) is 0.400. The van der Waals surface area contributed by atoms with Gasteiger partial charge in [-0.1, -0.05) is 6.08 Å². The van der Waals surface area contributed by atoms with Crippen molar-refractivity contribution >= 4 is 5.78 Å². The third kappa shape index (κ3) is 3.44. The molecule has 1 aliphatic heterocycles. The number of allylic oxidation sites excluding steroid dienone is 1. The average molecular weight is 245 g/mol. The van der Waals surface area contributed by atoms with E-state index >= 15 is 0 Å². The quantitative estimate of drug-likeness (QED) is 0.640. The minimum absolute atomic E-state index is 0.0958. The van der Waals surface area contributed by atoms with Gasteiger partial charge in [-0.3, -0.25) is 4.79 Å². The second-order valence-electron chi connectivity index (χ2n) is 4.51. The van der Waals surface area contributed by atoms with Gasteiger partial charge in [-0.05, 0) is 50.2 Å². The first-order valence-corrected chi connectivity index (χ1v) is 6.41. The summed E-state index contributed by atoms with van der Waals surface area (Å²) in [5.41, 5.74) is 0.715. The van der Waals surface area contributed by atoms with Crippen LogP contribution in [-0.4, -0.2) is 25.0 Å². The fourth-order valence-electron chi connectivity index (χ4n) is 2.07. The SMILES string of the molecule is C=CCC(=O)c1ccc(OC2CCNCC2)cc1. The Bertz CT molecular complexity index is 405. The Morgan fingerprint density at radius 2 is 2.00 bits per heavy atom. The lowest BCUT2D eigenvalue weighted by Gasteiger charge is -2.23. The third-order valence-corrected chi connectivity index (χ3v) is 3.09. The van der Waals surface area contributed by atoms with Crippen LogP contribution in [0.4, 0.5) is 0 Å². The summed E-state index contributed by atoms with van der Waals surface area (Å²) < 4.78 is 5.88. The second-order valence-corrected chi connectivity index (χ2v) is 4.51. The molecule has 1 fully saturated rings. The van der Waals surface area contributed by atoms with E-state index in [9.17, 15) is 4.79 Å². The number of ether oxygens (including phenoxy) is 1. The zero-order valence-corrected chi connectivity index (χ0v) is 10.5.